The maximum atomic E-state index is 10.8. The van der Waals surface area contributed by atoms with E-state index in [0.717, 1.165) is 13.1 Å². The molecule has 2 aromatic rings. The van der Waals surface area contributed by atoms with Crippen molar-refractivity contribution in [3.63, 3.8) is 0 Å². The van der Waals surface area contributed by atoms with Crippen LogP contribution in [-0.2, 0) is 5.60 Å². The molecule has 22 heavy (non-hydrogen) atoms. The number of hydrogen-bond donors (Lipinski definition) is 4. The molecule has 3 rings (SSSR count). The highest BCUT2D eigenvalue weighted by molar-refractivity contribution is 6.12. The lowest BCUT2D eigenvalue weighted by Crippen LogP contribution is -2.40. The van der Waals surface area contributed by atoms with Gasteiger partial charge in [0, 0.05) is 11.8 Å². The average molecular weight is 297 g/mol. The summed E-state index contributed by atoms with van der Waals surface area (Å²) in [6.07, 6.45) is 2.82. The molecule has 1 fully saturated rings. The minimum absolute atomic E-state index is 0.213. The second kappa shape index (κ2) is 5.82. The molecule has 0 amide bonds. The molecule has 5 N–H and O–H groups in total. The van der Waals surface area contributed by atoms with Crippen molar-refractivity contribution >= 4 is 11.5 Å². The van der Waals surface area contributed by atoms with Crippen LogP contribution in [0.15, 0.2) is 36.5 Å². The number of nitrogens with one attached hydrogen (secondary N) is 2. The van der Waals surface area contributed by atoms with E-state index >= 15 is 0 Å². The number of nitrogens with two attached hydrogens (primary N) is 1. The zero-order valence-corrected chi connectivity index (χ0v) is 12.2. The third-order valence-corrected chi connectivity index (χ3v) is 4.02. The van der Waals surface area contributed by atoms with E-state index in [9.17, 15) is 5.11 Å². The molecule has 0 atom stereocenters. The zero-order valence-electron chi connectivity index (χ0n) is 12.2. The summed E-state index contributed by atoms with van der Waals surface area (Å²) >= 11 is 0. The fourth-order valence-electron chi connectivity index (χ4n) is 2.70. The molecule has 6 nitrogen and oxygen atoms in total. The number of aliphatic hydroxyl groups is 1. The Morgan fingerprint density at radius 3 is 2.73 bits per heavy atom. The van der Waals surface area contributed by atoms with Crippen LogP contribution in [0.1, 0.15) is 29.8 Å². The standard InChI is InChI=1S/C16H19N5O/c17-14(11-3-2-8-20-15(11)18)12-4-1-5-13(21-12)16(22)6-9-19-10-7-16/h1-5,8,17,19,22H,6-7,9-10H2,(H2,18,20). The van der Waals surface area contributed by atoms with Gasteiger partial charge in [-0.25, -0.2) is 9.97 Å². The van der Waals surface area contributed by atoms with Crippen LogP contribution < -0.4 is 11.1 Å². The quantitative estimate of drug-likeness (QED) is 0.633. The largest absolute Gasteiger partial charge is 0.383 e. The number of hydrogen-bond acceptors (Lipinski definition) is 6. The van der Waals surface area contributed by atoms with Crippen LogP contribution in [0.2, 0.25) is 0 Å². The highest BCUT2D eigenvalue weighted by Crippen LogP contribution is 2.29. The third kappa shape index (κ3) is 2.70. The van der Waals surface area contributed by atoms with Gasteiger partial charge in [0.2, 0.25) is 0 Å². The van der Waals surface area contributed by atoms with E-state index in [1.807, 2.05) is 12.1 Å². The first-order chi connectivity index (χ1) is 10.6. The van der Waals surface area contributed by atoms with Crippen LogP contribution >= 0.6 is 0 Å². The number of pyridine rings is 2. The van der Waals surface area contributed by atoms with Crippen LogP contribution in [-0.4, -0.2) is 33.9 Å². The van der Waals surface area contributed by atoms with Crippen molar-refractivity contribution in [1.82, 2.24) is 15.3 Å². The Bertz CT molecular complexity index is 694. The zero-order chi connectivity index (χ0) is 15.6. The summed E-state index contributed by atoms with van der Waals surface area (Å²) in [5, 5.41) is 22.3. The summed E-state index contributed by atoms with van der Waals surface area (Å²) < 4.78 is 0. The van der Waals surface area contributed by atoms with Gasteiger partial charge in [0.15, 0.2) is 0 Å². The molecule has 114 valence electrons. The molecule has 0 bridgehead atoms. The lowest BCUT2D eigenvalue weighted by Gasteiger charge is -2.32. The molecule has 1 aliphatic heterocycles. The predicted molar refractivity (Wildman–Crippen MR) is 84.8 cm³/mol. The Morgan fingerprint density at radius 1 is 1.23 bits per heavy atom. The van der Waals surface area contributed by atoms with E-state index in [2.05, 4.69) is 15.3 Å². The Balaban J connectivity index is 1.94. The van der Waals surface area contributed by atoms with E-state index in [-0.39, 0.29) is 5.71 Å². The van der Waals surface area contributed by atoms with Gasteiger partial charge in [0.25, 0.3) is 0 Å². The second-order valence-corrected chi connectivity index (χ2v) is 5.50. The van der Waals surface area contributed by atoms with Gasteiger partial charge in [-0.1, -0.05) is 6.07 Å². The van der Waals surface area contributed by atoms with Crippen molar-refractivity contribution in [2.75, 3.05) is 18.8 Å². The van der Waals surface area contributed by atoms with Crippen LogP contribution in [0.25, 0.3) is 0 Å². The van der Waals surface area contributed by atoms with E-state index < -0.39 is 5.60 Å². The normalized spacial score (nSPS) is 17.1. The van der Waals surface area contributed by atoms with E-state index in [1.165, 1.54) is 0 Å². The van der Waals surface area contributed by atoms with Gasteiger partial charge in [0.05, 0.1) is 17.1 Å². The molecule has 0 spiro atoms. The van der Waals surface area contributed by atoms with Gasteiger partial charge in [0.1, 0.15) is 11.4 Å². The van der Waals surface area contributed by atoms with Crippen LogP contribution in [0, 0.1) is 5.41 Å². The van der Waals surface area contributed by atoms with Gasteiger partial charge in [-0.3, -0.25) is 5.41 Å². The summed E-state index contributed by atoms with van der Waals surface area (Å²) in [7, 11) is 0. The number of rotatable bonds is 3. The lowest BCUT2D eigenvalue weighted by atomic mass is 9.88. The monoisotopic (exact) mass is 297 g/mol. The van der Waals surface area contributed by atoms with Crippen LogP contribution in [0.4, 0.5) is 5.82 Å². The number of nitrogens with zero attached hydrogens (tertiary/aromatic N) is 2. The summed E-state index contributed by atoms with van der Waals surface area (Å²) in [6, 6.07) is 8.87. The molecule has 3 heterocycles. The van der Waals surface area contributed by atoms with Gasteiger partial charge < -0.3 is 16.2 Å². The molecule has 1 aliphatic rings. The van der Waals surface area contributed by atoms with Gasteiger partial charge >= 0.3 is 0 Å². The maximum absolute atomic E-state index is 10.8. The summed E-state index contributed by atoms with van der Waals surface area (Å²) in [6.45, 7) is 1.52. The molecule has 0 aliphatic carbocycles. The van der Waals surface area contributed by atoms with Crippen molar-refractivity contribution in [1.29, 1.82) is 5.41 Å². The molecule has 0 radical (unpaired) electrons. The SMILES string of the molecule is N=C(c1cccc(C2(O)CCNCC2)n1)c1cccnc1N. The van der Waals surface area contributed by atoms with E-state index in [0.29, 0.717) is 35.6 Å². The van der Waals surface area contributed by atoms with Crippen molar-refractivity contribution in [2.24, 2.45) is 0 Å². The molecular weight excluding hydrogens is 278 g/mol. The van der Waals surface area contributed by atoms with Crippen molar-refractivity contribution in [2.45, 2.75) is 18.4 Å². The average Bonchev–Trinajstić information content (AvgIpc) is 2.55. The third-order valence-electron chi connectivity index (χ3n) is 4.02. The molecule has 0 saturated carbocycles. The Morgan fingerprint density at radius 2 is 2.00 bits per heavy atom. The second-order valence-electron chi connectivity index (χ2n) is 5.50. The molecule has 0 aromatic carbocycles. The number of aromatic nitrogens is 2. The predicted octanol–water partition coefficient (Wildman–Crippen LogP) is 1.05. The van der Waals surface area contributed by atoms with Crippen molar-refractivity contribution in [3.05, 3.63) is 53.5 Å². The minimum Gasteiger partial charge on any atom is -0.383 e. The molecule has 0 unspecified atom stereocenters. The highest BCUT2D eigenvalue weighted by atomic mass is 16.3. The Hall–Kier alpha value is -2.31. The number of nitrogen functional groups attached to an aromatic ring is 1. The fraction of sp³-hybridized carbons (Fsp3) is 0.312. The molecule has 6 heteroatoms. The number of anilines is 1. The minimum atomic E-state index is -0.929. The smallest absolute Gasteiger partial charge is 0.132 e. The van der Waals surface area contributed by atoms with Crippen LogP contribution in [0.5, 0.6) is 0 Å². The maximum Gasteiger partial charge on any atom is 0.132 e. The molecule has 2 aromatic heterocycles. The summed E-state index contributed by atoms with van der Waals surface area (Å²) in [4.78, 5) is 8.50. The fourth-order valence-corrected chi connectivity index (χ4v) is 2.70. The summed E-state index contributed by atoms with van der Waals surface area (Å²) in [5.41, 5.74) is 6.76. The molecular formula is C16H19N5O. The van der Waals surface area contributed by atoms with Gasteiger partial charge in [-0.2, -0.15) is 0 Å². The van der Waals surface area contributed by atoms with Gasteiger partial charge in [-0.15, -0.1) is 0 Å². The van der Waals surface area contributed by atoms with Gasteiger partial charge in [-0.05, 0) is 50.2 Å². The van der Waals surface area contributed by atoms with Crippen molar-refractivity contribution in [3.8, 4) is 0 Å². The first-order valence-electron chi connectivity index (χ1n) is 7.30. The Labute approximate surface area is 128 Å². The first kappa shape index (κ1) is 14.6. The number of piperidine rings is 1. The van der Waals surface area contributed by atoms with E-state index in [4.69, 9.17) is 11.1 Å². The highest BCUT2D eigenvalue weighted by Gasteiger charge is 2.32. The van der Waals surface area contributed by atoms with E-state index in [1.54, 1.807) is 24.4 Å². The molecule has 1 saturated heterocycles. The first-order valence-corrected chi connectivity index (χ1v) is 7.30. The summed E-state index contributed by atoms with van der Waals surface area (Å²) in [5.74, 6) is 0.306. The van der Waals surface area contributed by atoms with Crippen LogP contribution in [0.3, 0.4) is 0 Å². The van der Waals surface area contributed by atoms with Crippen molar-refractivity contribution < 1.29 is 5.11 Å². The Kier molecular flexibility index (Phi) is 3.87. The lowest BCUT2D eigenvalue weighted by molar-refractivity contribution is 0.00185. The topological polar surface area (TPSA) is 108 Å².